The highest BCUT2D eigenvalue weighted by Gasteiger charge is 2.37. The van der Waals surface area contributed by atoms with Gasteiger partial charge in [-0.3, -0.25) is 15.0 Å². The second-order valence-electron chi connectivity index (χ2n) is 16.4. The van der Waals surface area contributed by atoms with Gasteiger partial charge in [0.25, 0.3) is 5.92 Å². The monoisotopic (exact) mass is 786 g/mol. The van der Waals surface area contributed by atoms with Gasteiger partial charge in [0.05, 0.1) is 0 Å². The van der Waals surface area contributed by atoms with Crippen molar-refractivity contribution in [1.82, 2.24) is 31.0 Å². The Hall–Kier alpha value is -5.47. The molecule has 15 heteroatoms. The third-order valence-electron chi connectivity index (χ3n) is 10.8. The van der Waals surface area contributed by atoms with Gasteiger partial charge in [-0.05, 0) is 113 Å². The SMILES string of the molecule is CC(C)NC(=O)O[C@@H]1CC[C@H](c2cc(Nc3ccc4c(c3)CC(=O)C4)n[nH]2)C1.CC(C)NC(=O)O[C@@H]1CC[C@H](c2cc(Nc3ccc4c(c3)CC(F)(F)C4)n[nH]2)C1. The first-order valence-corrected chi connectivity index (χ1v) is 20.0. The Kier molecular flexibility index (Phi) is 11.8. The number of amides is 2. The fourth-order valence-corrected chi connectivity index (χ4v) is 8.21. The van der Waals surface area contributed by atoms with Crippen molar-refractivity contribution in [3.63, 3.8) is 0 Å². The maximum Gasteiger partial charge on any atom is 0.407 e. The summed E-state index contributed by atoms with van der Waals surface area (Å²) in [4.78, 5) is 35.1. The van der Waals surface area contributed by atoms with Gasteiger partial charge in [-0.1, -0.05) is 12.1 Å². The van der Waals surface area contributed by atoms with Crippen LogP contribution >= 0.6 is 0 Å². The number of fused-ring (bicyclic) bond motifs is 2. The van der Waals surface area contributed by atoms with E-state index < -0.39 is 5.92 Å². The first kappa shape index (κ1) is 39.8. The zero-order valence-electron chi connectivity index (χ0n) is 32.8. The van der Waals surface area contributed by atoms with Gasteiger partial charge in [0, 0.05) is 84.5 Å². The number of alkyl carbamates (subject to hydrolysis) is 2. The number of ketones is 1. The van der Waals surface area contributed by atoms with Crippen LogP contribution in [0.5, 0.6) is 0 Å². The van der Waals surface area contributed by atoms with Crippen LogP contribution in [0.15, 0.2) is 48.5 Å². The predicted octanol–water partition coefficient (Wildman–Crippen LogP) is 8.25. The molecule has 0 unspecified atom stereocenters. The lowest BCUT2D eigenvalue weighted by atomic mass is 10.0. The van der Waals surface area contributed by atoms with Crippen LogP contribution < -0.4 is 21.3 Å². The van der Waals surface area contributed by atoms with Gasteiger partial charge in [-0.25, -0.2) is 18.4 Å². The minimum Gasteiger partial charge on any atom is -0.446 e. The number of carbonyl (C=O) groups excluding carboxylic acids is 3. The summed E-state index contributed by atoms with van der Waals surface area (Å²) in [5, 5.41) is 26.8. The summed E-state index contributed by atoms with van der Waals surface area (Å²) >= 11 is 0. The Bertz CT molecular complexity index is 2080. The zero-order valence-corrected chi connectivity index (χ0v) is 32.8. The van der Waals surface area contributed by atoms with E-state index >= 15 is 0 Å². The van der Waals surface area contributed by atoms with Crippen molar-refractivity contribution < 1.29 is 32.6 Å². The van der Waals surface area contributed by atoms with Crippen molar-refractivity contribution in [2.24, 2.45) is 0 Å². The van der Waals surface area contributed by atoms with Gasteiger partial charge in [-0.2, -0.15) is 10.2 Å². The molecular formula is C42H52F2N8O5. The number of hydrogen-bond donors (Lipinski definition) is 6. The van der Waals surface area contributed by atoms with Crippen molar-refractivity contribution >= 4 is 41.0 Å². The molecule has 304 valence electrons. The molecule has 13 nitrogen and oxygen atoms in total. The summed E-state index contributed by atoms with van der Waals surface area (Å²) in [6, 6.07) is 15.4. The molecule has 0 radical (unpaired) electrons. The van der Waals surface area contributed by atoms with E-state index in [-0.39, 0.29) is 61.0 Å². The first-order valence-electron chi connectivity index (χ1n) is 20.0. The normalized spacial score (nSPS) is 21.8. The van der Waals surface area contributed by atoms with Gasteiger partial charge in [0.15, 0.2) is 11.6 Å². The highest BCUT2D eigenvalue weighted by Crippen LogP contribution is 2.39. The molecule has 4 aliphatic rings. The number of alkyl halides is 2. The molecule has 2 heterocycles. The standard InChI is InChI=1S/C21H26F2N4O2.C21H26N4O3/c1-12(2)24-20(28)29-17-6-4-13(8-17)18-9-19(27-26-18)25-16-5-3-14-10-21(22,23)11-15(14)7-16;1-12(2)22-21(27)28-18-6-4-14(10-18)19-11-20(25-24-19)23-16-5-3-13-8-17(26)9-15(13)7-16/h3,5,7,9,12-13,17H,4,6,8,10-11H2,1-2H3,(H,24,28)(H2,25,26,27);3,5,7,11-12,14,18H,4,6,8-10H2,1-2H3,(H,22,27)(H2,23,24,25)/t13-,17+;14-,18+/m00/s1. The molecule has 0 bridgehead atoms. The number of H-pyrrole nitrogens is 2. The highest BCUT2D eigenvalue weighted by atomic mass is 19.3. The van der Waals surface area contributed by atoms with Crippen molar-refractivity contribution in [2.75, 3.05) is 10.6 Å². The van der Waals surface area contributed by atoms with Crippen LogP contribution in [0.2, 0.25) is 0 Å². The smallest absolute Gasteiger partial charge is 0.407 e. The minimum absolute atomic E-state index is 0.0476. The molecule has 4 atom stereocenters. The van der Waals surface area contributed by atoms with Gasteiger partial charge in [0.2, 0.25) is 0 Å². The maximum atomic E-state index is 13.6. The highest BCUT2D eigenvalue weighted by molar-refractivity contribution is 5.88. The molecule has 0 aliphatic heterocycles. The molecule has 2 aromatic carbocycles. The summed E-state index contributed by atoms with van der Waals surface area (Å²) in [5.41, 5.74) is 7.33. The van der Waals surface area contributed by atoms with Gasteiger partial charge >= 0.3 is 12.2 Å². The van der Waals surface area contributed by atoms with E-state index in [9.17, 15) is 23.2 Å². The quantitative estimate of drug-likeness (QED) is 0.0925. The molecule has 2 saturated carbocycles. The number of aromatic amines is 2. The van der Waals surface area contributed by atoms with Crippen molar-refractivity contribution in [1.29, 1.82) is 0 Å². The predicted molar refractivity (Wildman–Crippen MR) is 212 cm³/mol. The van der Waals surface area contributed by atoms with Gasteiger partial charge < -0.3 is 30.7 Å². The summed E-state index contributed by atoms with van der Waals surface area (Å²) in [5.74, 6) is -0.429. The number of halogens is 2. The second-order valence-corrected chi connectivity index (χ2v) is 16.4. The Morgan fingerprint density at radius 3 is 1.68 bits per heavy atom. The Morgan fingerprint density at radius 2 is 1.16 bits per heavy atom. The lowest BCUT2D eigenvalue weighted by Gasteiger charge is -2.14. The van der Waals surface area contributed by atoms with Crippen LogP contribution in [-0.4, -0.2) is 68.6 Å². The lowest BCUT2D eigenvalue weighted by Crippen LogP contribution is -2.33. The Labute approximate surface area is 330 Å². The number of aromatic nitrogens is 4. The van der Waals surface area contributed by atoms with Crippen LogP contribution in [-0.2, 0) is 40.0 Å². The number of nitrogens with zero attached hydrogens (tertiary/aromatic N) is 2. The van der Waals surface area contributed by atoms with Crippen LogP contribution in [0.4, 0.5) is 41.4 Å². The van der Waals surface area contributed by atoms with E-state index in [0.717, 1.165) is 78.2 Å². The molecular weight excluding hydrogens is 735 g/mol. The zero-order chi connectivity index (χ0) is 40.3. The van der Waals surface area contributed by atoms with E-state index in [0.29, 0.717) is 35.7 Å². The molecule has 4 aromatic rings. The lowest BCUT2D eigenvalue weighted by molar-refractivity contribution is -0.117. The second kappa shape index (κ2) is 16.9. The average Bonchev–Trinajstić information content (AvgIpc) is 3.97. The molecule has 8 rings (SSSR count). The summed E-state index contributed by atoms with van der Waals surface area (Å²) in [6.45, 7) is 7.61. The fourth-order valence-electron chi connectivity index (χ4n) is 8.21. The van der Waals surface area contributed by atoms with E-state index in [1.54, 1.807) is 18.2 Å². The first-order chi connectivity index (χ1) is 27.2. The number of nitrogens with one attached hydrogen (secondary N) is 6. The average molecular weight is 787 g/mol. The van der Waals surface area contributed by atoms with E-state index in [4.69, 9.17) is 9.47 Å². The van der Waals surface area contributed by atoms with Gasteiger partial charge in [-0.15, -0.1) is 0 Å². The number of anilines is 4. The van der Waals surface area contributed by atoms with Crippen LogP contribution in [0.25, 0.3) is 0 Å². The maximum absolute atomic E-state index is 13.6. The third-order valence-corrected chi connectivity index (χ3v) is 10.8. The number of Topliss-reactive ketones (excluding diaryl/α,β-unsaturated/α-hetero) is 1. The fraction of sp³-hybridized carbons (Fsp3) is 0.500. The van der Waals surface area contributed by atoms with E-state index in [1.165, 1.54) is 0 Å². The summed E-state index contributed by atoms with van der Waals surface area (Å²) in [7, 11) is 0. The number of hydrogen-bond acceptors (Lipinski definition) is 9. The number of benzene rings is 2. The Morgan fingerprint density at radius 1 is 0.684 bits per heavy atom. The Balaban J connectivity index is 0.000000174. The molecule has 0 saturated heterocycles. The van der Waals surface area contributed by atoms with E-state index in [1.807, 2.05) is 58.0 Å². The van der Waals surface area contributed by atoms with E-state index in [2.05, 4.69) is 41.7 Å². The number of carbonyl (C=O) groups is 3. The van der Waals surface area contributed by atoms with Crippen molar-refractivity contribution in [3.05, 3.63) is 82.2 Å². The van der Waals surface area contributed by atoms with Crippen molar-refractivity contribution in [2.45, 2.75) is 134 Å². The topological polar surface area (TPSA) is 175 Å². The summed E-state index contributed by atoms with van der Waals surface area (Å²) in [6.07, 6.45) is 4.89. The largest absolute Gasteiger partial charge is 0.446 e. The number of rotatable bonds is 10. The van der Waals surface area contributed by atoms with Crippen molar-refractivity contribution in [3.8, 4) is 0 Å². The molecule has 2 fully saturated rings. The number of ether oxygens (including phenoxy) is 2. The minimum atomic E-state index is -2.65. The van der Waals surface area contributed by atoms with Crippen LogP contribution in [0.3, 0.4) is 0 Å². The molecule has 57 heavy (non-hydrogen) atoms. The third kappa shape index (κ3) is 10.5. The van der Waals surface area contributed by atoms with Crippen LogP contribution in [0.1, 0.15) is 112 Å². The summed E-state index contributed by atoms with van der Waals surface area (Å²) < 4.78 is 38.1. The molecule has 2 aromatic heterocycles. The molecule has 6 N–H and O–H groups in total. The van der Waals surface area contributed by atoms with Crippen LogP contribution in [0, 0.1) is 0 Å². The molecule has 0 spiro atoms. The molecule has 4 aliphatic carbocycles. The van der Waals surface area contributed by atoms with Gasteiger partial charge in [0.1, 0.15) is 18.0 Å². The molecule has 2 amide bonds.